The molecule has 7 aromatic carbocycles. The third-order valence-corrected chi connectivity index (χ3v) is 14.1. The summed E-state index contributed by atoms with van der Waals surface area (Å²) in [4.78, 5) is 50.0. The molecule has 1 aliphatic rings. The van der Waals surface area contributed by atoms with E-state index < -0.39 is 46.8 Å². The molecule has 0 spiro atoms. The van der Waals surface area contributed by atoms with Crippen molar-refractivity contribution in [3.63, 3.8) is 0 Å². The lowest BCUT2D eigenvalue weighted by Gasteiger charge is -2.18. The standard InChI is InChI=1S/C28H24F3NO6.C28H22F3NO5.C7H5NO.C6H15N/c1-3-13-37-26-16-24(11-12-25(26)22(17-32(34)35)15-27(33)36-2)38-18-19-5-4-6-21(14-19)20-7-9-23(10-8-20)28(29,30)31;1-34-26(33)13-24-23-10-9-22(12-25(23)36-15-20-16-37-32-27(20)24)35-14-17-3-2-4-19(11-17)18-5-7-21(8-6-18)28(29,30)31;9-6-8-7-4-2-1-3-5-7;1-4-7(5-2)6-3/h1,4-12,14,16,22H,13,15,17-18H2,2H3;2-12,16,24H,13-15H2,1H3;1-5H;4-6H2,1-3H3. The van der Waals surface area contributed by atoms with Crippen molar-refractivity contribution in [3.8, 4) is 57.6 Å². The lowest BCUT2D eigenvalue weighted by Crippen LogP contribution is -2.21. The number of alkyl halides is 6. The van der Waals surface area contributed by atoms with Gasteiger partial charge in [0.05, 0.1) is 61.1 Å². The normalized spacial score (nSPS) is 12.5. The van der Waals surface area contributed by atoms with Gasteiger partial charge in [-0.3, -0.25) is 19.7 Å². The van der Waals surface area contributed by atoms with Crippen LogP contribution in [0.25, 0.3) is 22.3 Å². The predicted molar refractivity (Wildman–Crippen MR) is 328 cm³/mol. The largest absolute Gasteiger partial charge is 0.489 e. The monoisotopic (exact) mass is 1260 g/mol. The van der Waals surface area contributed by atoms with Gasteiger partial charge in [0.1, 0.15) is 55.7 Å². The summed E-state index contributed by atoms with van der Waals surface area (Å²) in [5, 5.41) is 15.3. The molecule has 2 atom stereocenters. The third-order valence-electron chi connectivity index (χ3n) is 14.1. The predicted octanol–water partition coefficient (Wildman–Crippen LogP) is 15.4. The number of terminal acetylenes is 1. The first kappa shape index (κ1) is 69.9. The van der Waals surface area contributed by atoms with E-state index >= 15 is 0 Å². The van der Waals surface area contributed by atoms with E-state index in [1.807, 2.05) is 48.5 Å². The van der Waals surface area contributed by atoms with Crippen LogP contribution in [-0.2, 0) is 56.0 Å². The molecule has 1 aromatic heterocycles. The van der Waals surface area contributed by atoms with Crippen molar-refractivity contribution in [2.24, 2.45) is 4.99 Å². The van der Waals surface area contributed by atoms with Gasteiger partial charge in [-0.1, -0.05) is 123 Å². The number of hydrogen-bond donors (Lipinski definition) is 0. The van der Waals surface area contributed by atoms with E-state index in [4.69, 9.17) is 34.6 Å². The molecule has 1 aliphatic heterocycles. The Morgan fingerprint density at radius 3 is 1.75 bits per heavy atom. The molecule has 476 valence electrons. The van der Waals surface area contributed by atoms with E-state index in [0.29, 0.717) is 45.3 Å². The van der Waals surface area contributed by atoms with Gasteiger partial charge in [0.25, 0.3) is 0 Å². The van der Waals surface area contributed by atoms with Crippen molar-refractivity contribution >= 4 is 23.7 Å². The van der Waals surface area contributed by atoms with Gasteiger partial charge in [-0.15, -0.1) is 6.42 Å². The van der Waals surface area contributed by atoms with Crippen molar-refractivity contribution in [2.45, 2.75) is 77.6 Å². The average molecular weight is 1260 g/mol. The summed E-state index contributed by atoms with van der Waals surface area (Å²) in [5.41, 5.74) is 6.23. The third kappa shape index (κ3) is 21.5. The van der Waals surface area contributed by atoms with E-state index in [2.05, 4.69) is 46.5 Å². The van der Waals surface area contributed by atoms with E-state index in [0.717, 1.165) is 57.6 Å². The van der Waals surface area contributed by atoms with Crippen LogP contribution in [0.3, 0.4) is 0 Å². The molecular formula is C69H66F6N4O12. The number of carbonyl (C=O) groups excluding carboxylic acids is 3. The summed E-state index contributed by atoms with van der Waals surface area (Å²) in [6.07, 6.45) is -0.644. The topological polar surface area (TPSA) is 191 Å². The first-order chi connectivity index (χ1) is 43.7. The molecule has 0 aliphatic carbocycles. The Morgan fingerprint density at radius 2 is 1.25 bits per heavy atom. The van der Waals surface area contributed by atoms with Crippen LogP contribution in [0.4, 0.5) is 32.0 Å². The Kier molecular flexibility index (Phi) is 26.5. The molecule has 0 fully saturated rings. The molecule has 0 saturated heterocycles. The molecule has 0 amide bonds. The molecule has 8 aromatic rings. The summed E-state index contributed by atoms with van der Waals surface area (Å²) >= 11 is 0. The Labute approximate surface area is 522 Å². The number of aliphatic imine (C=N–C) groups is 1. The zero-order valence-electron chi connectivity index (χ0n) is 50.4. The van der Waals surface area contributed by atoms with Crippen LogP contribution in [0.1, 0.15) is 90.1 Å². The number of methoxy groups -OCH3 is 2. The van der Waals surface area contributed by atoms with E-state index in [9.17, 15) is 50.8 Å². The van der Waals surface area contributed by atoms with Crippen LogP contribution in [0.2, 0.25) is 0 Å². The van der Waals surface area contributed by atoms with Gasteiger partial charge >= 0.3 is 24.3 Å². The molecule has 0 N–H and O–H groups in total. The number of esters is 2. The summed E-state index contributed by atoms with van der Waals surface area (Å²) in [7, 11) is 2.54. The molecule has 0 bridgehead atoms. The van der Waals surface area contributed by atoms with Gasteiger partial charge in [0, 0.05) is 34.1 Å². The zero-order valence-corrected chi connectivity index (χ0v) is 50.4. The van der Waals surface area contributed by atoms with Crippen molar-refractivity contribution in [1.29, 1.82) is 0 Å². The maximum Gasteiger partial charge on any atom is 0.416 e. The van der Waals surface area contributed by atoms with Crippen LogP contribution in [-0.4, -0.2) is 80.0 Å². The van der Waals surface area contributed by atoms with E-state index in [-0.39, 0.29) is 56.9 Å². The van der Waals surface area contributed by atoms with Gasteiger partial charge in [0.2, 0.25) is 12.6 Å². The number of aromatic nitrogens is 1. The van der Waals surface area contributed by atoms with Gasteiger partial charge in [-0.05, 0) is 114 Å². The fourth-order valence-electron chi connectivity index (χ4n) is 9.31. The number of rotatable bonds is 21. The second-order valence-corrected chi connectivity index (χ2v) is 20.0. The number of ether oxygens (including phenoxy) is 6. The lowest BCUT2D eigenvalue weighted by molar-refractivity contribution is -0.483. The van der Waals surface area contributed by atoms with Crippen LogP contribution >= 0.6 is 0 Å². The highest BCUT2D eigenvalue weighted by molar-refractivity contribution is 5.72. The molecule has 9 rings (SSSR count). The van der Waals surface area contributed by atoms with Crippen LogP contribution in [0.15, 0.2) is 180 Å². The minimum Gasteiger partial charge on any atom is -0.489 e. The Morgan fingerprint density at radius 1 is 0.703 bits per heavy atom. The number of nitrogens with zero attached hydrogens (tertiary/aromatic N) is 4. The number of nitro groups is 1. The highest BCUT2D eigenvalue weighted by Gasteiger charge is 2.33. The number of halogens is 6. The first-order valence-electron chi connectivity index (χ1n) is 28.5. The van der Waals surface area contributed by atoms with E-state index in [1.54, 1.807) is 60.7 Å². The van der Waals surface area contributed by atoms with Crippen LogP contribution < -0.4 is 18.9 Å². The molecule has 22 heteroatoms. The molecule has 2 heterocycles. The summed E-state index contributed by atoms with van der Waals surface area (Å²) < 4.78 is 115. The Hall–Kier alpha value is -10.2. The number of carbonyl (C=O) groups is 2. The van der Waals surface area contributed by atoms with Crippen LogP contribution in [0.5, 0.6) is 23.0 Å². The first-order valence-corrected chi connectivity index (χ1v) is 28.5. The van der Waals surface area contributed by atoms with Crippen LogP contribution in [0, 0.1) is 22.5 Å². The number of benzene rings is 7. The highest BCUT2D eigenvalue weighted by Crippen LogP contribution is 2.41. The Bertz CT molecular complexity index is 3730. The van der Waals surface area contributed by atoms with Crippen molar-refractivity contribution in [2.75, 3.05) is 47.0 Å². The Balaban J connectivity index is 0.000000232. The van der Waals surface area contributed by atoms with Gasteiger partial charge in [-0.2, -0.15) is 31.3 Å². The summed E-state index contributed by atoms with van der Waals surface area (Å²) in [5.74, 6) is 1.94. The fraction of sp³-hybridized carbons (Fsp3) is 0.275. The van der Waals surface area contributed by atoms with Crippen molar-refractivity contribution in [1.82, 2.24) is 10.1 Å². The molecule has 16 nitrogen and oxygen atoms in total. The molecule has 0 saturated carbocycles. The van der Waals surface area contributed by atoms with Gasteiger partial charge in [0.15, 0.2) is 0 Å². The molecule has 0 radical (unpaired) electrons. The number of fused-ring (bicyclic) bond motifs is 2. The highest BCUT2D eigenvalue weighted by atomic mass is 19.4. The minimum atomic E-state index is -4.41. The second kappa shape index (κ2) is 34.5. The van der Waals surface area contributed by atoms with E-state index in [1.165, 1.54) is 76.5 Å². The summed E-state index contributed by atoms with van der Waals surface area (Å²) in [6, 6.07) is 43.6. The van der Waals surface area contributed by atoms with Gasteiger partial charge < -0.3 is 37.8 Å². The SMILES string of the molecule is C#CCOc1cc(OCc2cccc(-c3ccc(C(F)(F)F)cc3)c2)ccc1C(CC(=O)OC)C[N+](=O)[O-].CCN(CC)CC.COC(=O)CC1c2ccc(OCc3cccc(-c4ccc(C(F)(F)F)cc4)c3)cc2OCc2conc21.O=C=Nc1ccccc1. The average Bonchev–Trinajstić information content (AvgIpc) is 1.98. The minimum absolute atomic E-state index is 0.0866. The summed E-state index contributed by atoms with van der Waals surface area (Å²) in [6.45, 7) is 10.1. The second-order valence-electron chi connectivity index (χ2n) is 20.0. The van der Waals surface area contributed by atoms with Crippen molar-refractivity contribution in [3.05, 3.63) is 225 Å². The zero-order chi connectivity index (χ0) is 65.9. The van der Waals surface area contributed by atoms with Gasteiger partial charge in [-0.25, -0.2) is 4.79 Å². The quantitative estimate of drug-likeness (QED) is 0.0125. The molecule has 2 unspecified atom stereocenters. The lowest BCUT2D eigenvalue weighted by atomic mass is 9.90. The molecule has 91 heavy (non-hydrogen) atoms. The number of para-hydroxylation sites is 1. The maximum atomic E-state index is 12.9. The fourth-order valence-corrected chi connectivity index (χ4v) is 9.31. The van der Waals surface area contributed by atoms with Crippen molar-refractivity contribution < 1.29 is 78.6 Å². The number of hydrogen-bond acceptors (Lipinski definition) is 15. The maximum absolute atomic E-state index is 12.9. The smallest absolute Gasteiger partial charge is 0.416 e. The molecular weight excluding hydrogens is 1190 g/mol. The number of isocyanates is 1.